The molecule has 0 bridgehead atoms. The second-order valence-corrected chi connectivity index (χ2v) is 8.32. The molecule has 0 fully saturated rings. The number of nitrogens with zero attached hydrogens (tertiary/aromatic N) is 2. The third-order valence-electron chi connectivity index (χ3n) is 5.57. The van der Waals surface area contributed by atoms with Gasteiger partial charge < -0.3 is 31.3 Å². The second-order valence-electron chi connectivity index (χ2n) is 8.32. The topological polar surface area (TPSA) is 118 Å². The van der Waals surface area contributed by atoms with E-state index in [1.807, 2.05) is 24.3 Å². The maximum atomic E-state index is 7.96. The molecule has 0 saturated heterocycles. The average molecular weight is 457 g/mol. The fourth-order valence-electron chi connectivity index (χ4n) is 3.74. The van der Waals surface area contributed by atoms with Gasteiger partial charge in [0.15, 0.2) is 11.9 Å². The second kappa shape index (κ2) is 15.0. The molecule has 9 heteroatoms. The maximum Gasteiger partial charge on any atom is 0.191 e. The first kappa shape index (κ1) is 24.7. The van der Waals surface area contributed by atoms with Crippen molar-refractivity contribution < 1.29 is 4.74 Å². The number of rotatable bonds is 14. The van der Waals surface area contributed by atoms with Crippen molar-refractivity contribution in [1.29, 1.82) is 5.41 Å². The number of unbranched alkanes of at least 4 members (excludes halogenated alkanes) is 5. The van der Waals surface area contributed by atoms with Gasteiger partial charge in [-0.2, -0.15) is 0 Å². The largest absolute Gasteiger partial charge is 0.492 e. The molecule has 0 radical (unpaired) electrons. The van der Waals surface area contributed by atoms with Gasteiger partial charge in [0, 0.05) is 38.3 Å². The van der Waals surface area contributed by atoms with Crippen LogP contribution >= 0.6 is 0 Å². The van der Waals surface area contributed by atoms with Gasteiger partial charge in [0.05, 0.1) is 13.1 Å². The number of nitrogens with one attached hydrogen (secondary N) is 6. The van der Waals surface area contributed by atoms with Gasteiger partial charge in [0.1, 0.15) is 18.2 Å². The first-order chi connectivity index (χ1) is 16.3. The number of hydrogen-bond acceptors (Lipinski definition) is 7. The van der Waals surface area contributed by atoms with E-state index >= 15 is 0 Å². The van der Waals surface area contributed by atoms with Gasteiger partial charge in [-0.05, 0) is 43.5 Å². The molecule has 2 heterocycles. The molecule has 3 rings (SSSR count). The van der Waals surface area contributed by atoms with E-state index in [-0.39, 0.29) is 0 Å². The molecular weight excluding hydrogens is 416 g/mol. The van der Waals surface area contributed by atoms with Crippen LogP contribution in [0.3, 0.4) is 0 Å². The molecule has 33 heavy (non-hydrogen) atoms. The summed E-state index contributed by atoms with van der Waals surface area (Å²) in [5.41, 5.74) is 1.09. The minimum absolute atomic E-state index is 0.366. The Hall–Kier alpha value is -2.97. The molecule has 9 nitrogen and oxygen atoms in total. The third-order valence-corrected chi connectivity index (χ3v) is 5.57. The zero-order valence-electron chi connectivity index (χ0n) is 19.7. The first-order valence-corrected chi connectivity index (χ1v) is 12.4. The first-order valence-electron chi connectivity index (χ1n) is 12.4. The predicted octanol–water partition coefficient (Wildman–Crippen LogP) is 1.81. The smallest absolute Gasteiger partial charge is 0.191 e. The molecule has 0 aromatic heterocycles. The molecule has 0 atom stereocenters. The highest BCUT2D eigenvalue weighted by Gasteiger charge is 2.07. The van der Waals surface area contributed by atoms with Gasteiger partial charge in [-0.3, -0.25) is 15.4 Å². The van der Waals surface area contributed by atoms with Crippen LogP contribution in [-0.4, -0.2) is 70.2 Å². The third kappa shape index (κ3) is 10.0. The fourth-order valence-corrected chi connectivity index (χ4v) is 3.74. The van der Waals surface area contributed by atoms with Crippen molar-refractivity contribution in [2.24, 2.45) is 9.98 Å². The van der Waals surface area contributed by atoms with Crippen molar-refractivity contribution >= 4 is 17.8 Å². The number of ether oxygens (including phenoxy) is 1. The van der Waals surface area contributed by atoms with Crippen LogP contribution in [-0.2, 0) is 0 Å². The number of guanidine groups is 2. The quantitative estimate of drug-likeness (QED) is 0.144. The Balaban J connectivity index is 1.11. The lowest BCUT2D eigenvalue weighted by Gasteiger charge is -2.15. The van der Waals surface area contributed by atoms with E-state index in [1.54, 1.807) is 0 Å². The highest BCUT2D eigenvalue weighted by Crippen LogP contribution is 2.13. The molecule has 0 spiro atoms. The molecule has 1 aromatic rings. The standard InChI is InChI=1S/C24H40N8O/c25-23(28-12-5-3-1-2-4-6-13-30-24-31-16-17-32-24)29-18-19-33-21-10-8-20(9-11-21)22-26-14-7-15-27-22/h8-11H,1-7,12-19H2,(H,26,27)(H3,25,28,29)(H2,30,31,32). The van der Waals surface area contributed by atoms with E-state index in [2.05, 4.69) is 36.6 Å². The molecule has 2 aliphatic heterocycles. The molecule has 0 amide bonds. The predicted molar refractivity (Wildman–Crippen MR) is 136 cm³/mol. The van der Waals surface area contributed by atoms with Crippen LogP contribution in [0.4, 0.5) is 0 Å². The minimum atomic E-state index is 0.366. The van der Waals surface area contributed by atoms with E-state index in [4.69, 9.17) is 10.1 Å². The maximum absolute atomic E-state index is 7.96. The van der Waals surface area contributed by atoms with Gasteiger partial charge in [0.25, 0.3) is 0 Å². The van der Waals surface area contributed by atoms with Crippen LogP contribution in [0.15, 0.2) is 34.3 Å². The Morgan fingerprint density at radius 2 is 1.61 bits per heavy atom. The van der Waals surface area contributed by atoms with Crippen LogP contribution in [0.5, 0.6) is 5.75 Å². The molecular formula is C24H40N8O. The Labute approximate surface area is 197 Å². The van der Waals surface area contributed by atoms with Crippen LogP contribution < -0.4 is 31.3 Å². The van der Waals surface area contributed by atoms with E-state index in [0.717, 1.165) is 75.2 Å². The van der Waals surface area contributed by atoms with Crippen LogP contribution in [0.2, 0.25) is 0 Å². The molecule has 0 aliphatic carbocycles. The van der Waals surface area contributed by atoms with Crippen molar-refractivity contribution in [2.45, 2.75) is 44.9 Å². The highest BCUT2D eigenvalue weighted by atomic mass is 16.5. The summed E-state index contributed by atoms with van der Waals surface area (Å²) in [6.07, 6.45) is 8.33. The summed E-state index contributed by atoms with van der Waals surface area (Å²) in [7, 11) is 0. The number of aliphatic imine (C=N–C) groups is 2. The van der Waals surface area contributed by atoms with Crippen molar-refractivity contribution in [3.05, 3.63) is 29.8 Å². The zero-order chi connectivity index (χ0) is 23.0. The minimum Gasteiger partial charge on any atom is -0.492 e. The summed E-state index contributed by atoms with van der Waals surface area (Å²) >= 11 is 0. The number of hydrogen-bond donors (Lipinski definition) is 6. The molecule has 2 aliphatic rings. The van der Waals surface area contributed by atoms with Crippen molar-refractivity contribution in [3.63, 3.8) is 0 Å². The van der Waals surface area contributed by atoms with Gasteiger partial charge in [0.2, 0.25) is 0 Å². The molecule has 182 valence electrons. The van der Waals surface area contributed by atoms with Crippen molar-refractivity contribution in [2.75, 3.05) is 52.4 Å². The SMILES string of the molecule is N=C(NCCCCCCCCNC1=NCCN1)NCCOc1ccc(C2=NCCCN2)cc1. The van der Waals surface area contributed by atoms with E-state index in [0.29, 0.717) is 19.1 Å². The Morgan fingerprint density at radius 3 is 2.33 bits per heavy atom. The Bertz CT molecular complexity index is 762. The van der Waals surface area contributed by atoms with Gasteiger partial charge in [-0.1, -0.05) is 25.7 Å². The van der Waals surface area contributed by atoms with E-state index in [9.17, 15) is 0 Å². The van der Waals surface area contributed by atoms with Crippen LogP contribution in [0.1, 0.15) is 50.5 Å². The Kier molecular flexibility index (Phi) is 11.2. The molecule has 6 N–H and O–H groups in total. The van der Waals surface area contributed by atoms with Crippen molar-refractivity contribution in [3.8, 4) is 5.75 Å². The highest BCUT2D eigenvalue weighted by molar-refractivity contribution is 5.99. The monoisotopic (exact) mass is 456 g/mol. The summed E-state index contributed by atoms with van der Waals surface area (Å²) in [6.45, 7) is 6.66. The zero-order valence-corrected chi connectivity index (χ0v) is 19.7. The van der Waals surface area contributed by atoms with Gasteiger partial charge in [-0.25, -0.2) is 0 Å². The van der Waals surface area contributed by atoms with Gasteiger partial charge >= 0.3 is 0 Å². The van der Waals surface area contributed by atoms with E-state index < -0.39 is 0 Å². The molecule has 0 saturated carbocycles. The fraction of sp³-hybridized carbons (Fsp3) is 0.625. The summed E-state index contributed by atoms with van der Waals surface area (Å²) in [4.78, 5) is 8.83. The summed E-state index contributed by atoms with van der Waals surface area (Å²) < 4.78 is 5.76. The summed E-state index contributed by atoms with van der Waals surface area (Å²) in [5.74, 6) is 3.12. The average Bonchev–Trinajstić information content (AvgIpc) is 3.37. The molecule has 1 aromatic carbocycles. The lowest BCUT2D eigenvalue weighted by molar-refractivity contribution is 0.322. The van der Waals surface area contributed by atoms with Crippen molar-refractivity contribution in [1.82, 2.24) is 26.6 Å². The lowest BCUT2D eigenvalue weighted by atomic mass is 10.1. The van der Waals surface area contributed by atoms with Gasteiger partial charge in [-0.15, -0.1) is 0 Å². The summed E-state index contributed by atoms with van der Waals surface area (Å²) in [6, 6.07) is 8.00. The lowest BCUT2D eigenvalue weighted by Crippen LogP contribution is -2.38. The Morgan fingerprint density at radius 1 is 0.848 bits per heavy atom. The number of amidine groups is 1. The van der Waals surface area contributed by atoms with Crippen LogP contribution in [0.25, 0.3) is 0 Å². The van der Waals surface area contributed by atoms with Crippen LogP contribution in [0, 0.1) is 5.41 Å². The van der Waals surface area contributed by atoms with E-state index in [1.165, 1.54) is 32.1 Å². The summed E-state index contributed by atoms with van der Waals surface area (Å²) in [5, 5.41) is 24.0. The normalized spacial score (nSPS) is 15.0. The number of benzene rings is 1. The molecule has 0 unspecified atom stereocenters.